The molecular formula is C10H11ClO2. The van der Waals surface area contributed by atoms with E-state index >= 15 is 0 Å². The summed E-state index contributed by atoms with van der Waals surface area (Å²) in [5.41, 5.74) is 1.88. The summed E-state index contributed by atoms with van der Waals surface area (Å²) in [6.07, 6.45) is 0. The van der Waals surface area contributed by atoms with Crippen LogP contribution in [0.4, 0.5) is 0 Å². The highest BCUT2D eigenvalue weighted by Gasteiger charge is 2.10. The van der Waals surface area contributed by atoms with Crippen LogP contribution in [0.2, 0.25) is 0 Å². The molecule has 0 aliphatic rings. The van der Waals surface area contributed by atoms with E-state index in [-0.39, 0.29) is 17.4 Å². The fraction of sp³-hybridized carbons (Fsp3) is 0.300. The number of phenolic OH excluding ortho intramolecular Hbond substituents is 1. The Morgan fingerprint density at radius 1 is 1.54 bits per heavy atom. The monoisotopic (exact) mass is 198 g/mol. The first-order valence-corrected chi connectivity index (χ1v) is 4.49. The maximum absolute atomic E-state index is 11.1. The zero-order chi connectivity index (χ0) is 10.0. The summed E-state index contributed by atoms with van der Waals surface area (Å²) in [5.74, 6) is 0.0778. The number of alkyl halides is 1. The average molecular weight is 199 g/mol. The highest BCUT2D eigenvalue weighted by molar-refractivity contribution is 6.17. The molecule has 0 saturated heterocycles. The smallest absolute Gasteiger partial charge is 0.163 e. The molecule has 0 bridgehead atoms. The van der Waals surface area contributed by atoms with Crippen LogP contribution in [0.1, 0.15) is 28.4 Å². The molecule has 1 aromatic rings. The average Bonchev–Trinajstić information content (AvgIpc) is 2.08. The number of Topliss-reactive ketones (excluding diaryl/α,β-unsaturated/α-hetero) is 1. The van der Waals surface area contributed by atoms with Crippen molar-refractivity contribution in [3.05, 3.63) is 28.8 Å². The van der Waals surface area contributed by atoms with Crippen LogP contribution < -0.4 is 0 Å². The number of halogens is 1. The quantitative estimate of drug-likeness (QED) is 0.586. The molecule has 0 aliphatic carbocycles. The second-order valence-corrected chi connectivity index (χ2v) is 3.28. The number of hydrogen-bond acceptors (Lipinski definition) is 2. The fourth-order valence-corrected chi connectivity index (χ4v) is 1.43. The van der Waals surface area contributed by atoms with Crippen LogP contribution in [0.25, 0.3) is 0 Å². The van der Waals surface area contributed by atoms with Crippen molar-refractivity contribution in [3.63, 3.8) is 0 Å². The number of rotatable bonds is 2. The molecule has 1 N–H and O–H groups in total. The van der Waals surface area contributed by atoms with Gasteiger partial charge >= 0.3 is 0 Å². The van der Waals surface area contributed by atoms with Crippen molar-refractivity contribution in [2.75, 3.05) is 0 Å². The molecule has 0 amide bonds. The third-order valence-corrected chi connectivity index (χ3v) is 2.14. The van der Waals surface area contributed by atoms with E-state index in [9.17, 15) is 9.90 Å². The lowest BCUT2D eigenvalue weighted by Crippen LogP contribution is -1.96. The Morgan fingerprint density at radius 2 is 2.15 bits per heavy atom. The maximum atomic E-state index is 11.1. The van der Waals surface area contributed by atoms with Crippen LogP contribution in [-0.2, 0) is 5.88 Å². The highest BCUT2D eigenvalue weighted by atomic mass is 35.5. The largest absolute Gasteiger partial charge is 0.507 e. The van der Waals surface area contributed by atoms with Crippen molar-refractivity contribution in [2.24, 2.45) is 0 Å². The van der Waals surface area contributed by atoms with Gasteiger partial charge in [-0.2, -0.15) is 0 Å². The van der Waals surface area contributed by atoms with Gasteiger partial charge in [0.15, 0.2) is 5.78 Å². The van der Waals surface area contributed by atoms with Gasteiger partial charge in [0, 0.05) is 5.56 Å². The summed E-state index contributed by atoms with van der Waals surface area (Å²) in [7, 11) is 0. The van der Waals surface area contributed by atoms with Gasteiger partial charge in [0.2, 0.25) is 0 Å². The predicted octanol–water partition coefficient (Wildman–Crippen LogP) is 2.64. The molecule has 1 aromatic carbocycles. The number of ketones is 1. The van der Waals surface area contributed by atoms with Crippen molar-refractivity contribution < 1.29 is 9.90 Å². The number of aromatic hydroxyl groups is 1. The standard InChI is InChI=1S/C10H11ClO2/c1-6-3-8(5-11)10(13)9(4-6)7(2)12/h3-4,13H,5H2,1-2H3. The van der Waals surface area contributed by atoms with Gasteiger partial charge in [0.25, 0.3) is 0 Å². The first-order chi connectivity index (χ1) is 6.06. The number of benzene rings is 1. The maximum Gasteiger partial charge on any atom is 0.163 e. The highest BCUT2D eigenvalue weighted by Crippen LogP contribution is 2.26. The molecule has 0 atom stereocenters. The Morgan fingerprint density at radius 3 is 2.62 bits per heavy atom. The van der Waals surface area contributed by atoms with Gasteiger partial charge in [-0.05, 0) is 25.5 Å². The topological polar surface area (TPSA) is 37.3 Å². The Labute approximate surface area is 82.2 Å². The molecule has 0 heterocycles. The minimum Gasteiger partial charge on any atom is -0.507 e. The predicted molar refractivity (Wildman–Crippen MR) is 52.4 cm³/mol. The lowest BCUT2D eigenvalue weighted by atomic mass is 10.0. The van der Waals surface area contributed by atoms with Gasteiger partial charge < -0.3 is 5.11 Å². The molecule has 70 valence electrons. The third-order valence-electron chi connectivity index (χ3n) is 1.86. The normalized spacial score (nSPS) is 10.1. The van der Waals surface area contributed by atoms with Gasteiger partial charge in [-0.25, -0.2) is 0 Å². The second kappa shape index (κ2) is 3.79. The number of phenols is 1. The molecule has 0 radical (unpaired) electrons. The van der Waals surface area contributed by atoms with E-state index in [4.69, 9.17) is 11.6 Å². The Bertz CT molecular complexity index is 345. The molecule has 0 fully saturated rings. The van der Waals surface area contributed by atoms with Gasteiger partial charge in [0.05, 0.1) is 11.4 Å². The molecule has 1 rings (SSSR count). The first kappa shape index (κ1) is 10.1. The Balaban J connectivity index is 3.35. The van der Waals surface area contributed by atoms with Crippen molar-refractivity contribution >= 4 is 17.4 Å². The number of aryl methyl sites for hydroxylation is 1. The van der Waals surface area contributed by atoms with E-state index in [1.54, 1.807) is 12.1 Å². The summed E-state index contributed by atoms with van der Waals surface area (Å²) < 4.78 is 0. The van der Waals surface area contributed by atoms with E-state index in [2.05, 4.69) is 0 Å². The number of hydrogen-bond donors (Lipinski definition) is 1. The second-order valence-electron chi connectivity index (χ2n) is 3.01. The lowest BCUT2D eigenvalue weighted by molar-refractivity contribution is 0.101. The number of carbonyl (C=O) groups is 1. The molecular weight excluding hydrogens is 188 g/mol. The van der Waals surface area contributed by atoms with Crippen LogP contribution in [0.15, 0.2) is 12.1 Å². The van der Waals surface area contributed by atoms with Gasteiger partial charge in [-0.15, -0.1) is 11.6 Å². The van der Waals surface area contributed by atoms with Crippen LogP contribution in [0.5, 0.6) is 5.75 Å². The number of carbonyl (C=O) groups excluding carboxylic acids is 1. The minimum atomic E-state index is -0.146. The van der Waals surface area contributed by atoms with Crippen LogP contribution in [0, 0.1) is 6.92 Å². The summed E-state index contributed by atoms with van der Waals surface area (Å²) in [5, 5.41) is 9.58. The zero-order valence-electron chi connectivity index (χ0n) is 7.60. The molecule has 13 heavy (non-hydrogen) atoms. The summed E-state index contributed by atoms with van der Waals surface area (Å²) in [6.45, 7) is 3.29. The van der Waals surface area contributed by atoms with Crippen molar-refractivity contribution in [1.82, 2.24) is 0 Å². The third kappa shape index (κ3) is 2.01. The van der Waals surface area contributed by atoms with E-state index in [1.165, 1.54) is 6.92 Å². The Hall–Kier alpha value is -1.02. The van der Waals surface area contributed by atoms with Gasteiger partial charge in [-0.3, -0.25) is 4.79 Å². The lowest BCUT2D eigenvalue weighted by Gasteiger charge is -2.06. The Kier molecular flexibility index (Phi) is 2.94. The van der Waals surface area contributed by atoms with E-state index in [1.807, 2.05) is 6.92 Å². The fourth-order valence-electron chi connectivity index (χ4n) is 1.22. The van der Waals surface area contributed by atoms with Crippen molar-refractivity contribution in [2.45, 2.75) is 19.7 Å². The molecule has 0 aliphatic heterocycles. The van der Waals surface area contributed by atoms with E-state index in [0.29, 0.717) is 11.1 Å². The van der Waals surface area contributed by atoms with Crippen LogP contribution in [-0.4, -0.2) is 10.9 Å². The molecule has 0 spiro atoms. The molecule has 0 unspecified atom stereocenters. The zero-order valence-corrected chi connectivity index (χ0v) is 8.35. The summed E-state index contributed by atoms with van der Waals surface area (Å²) in [4.78, 5) is 11.1. The van der Waals surface area contributed by atoms with Crippen LogP contribution in [0.3, 0.4) is 0 Å². The SMILES string of the molecule is CC(=O)c1cc(C)cc(CCl)c1O. The van der Waals surface area contributed by atoms with Gasteiger partial charge in [0.1, 0.15) is 5.75 Å². The molecule has 0 aromatic heterocycles. The van der Waals surface area contributed by atoms with Crippen molar-refractivity contribution in [3.8, 4) is 5.75 Å². The van der Waals surface area contributed by atoms with E-state index < -0.39 is 0 Å². The molecule has 0 saturated carbocycles. The minimum absolute atomic E-state index is 0.00750. The molecule has 2 nitrogen and oxygen atoms in total. The van der Waals surface area contributed by atoms with Gasteiger partial charge in [-0.1, -0.05) is 6.07 Å². The molecule has 3 heteroatoms. The summed E-state index contributed by atoms with van der Waals surface area (Å²) >= 11 is 5.61. The summed E-state index contributed by atoms with van der Waals surface area (Å²) in [6, 6.07) is 3.43. The van der Waals surface area contributed by atoms with Crippen LogP contribution >= 0.6 is 11.6 Å². The first-order valence-electron chi connectivity index (χ1n) is 3.95. The van der Waals surface area contributed by atoms with E-state index in [0.717, 1.165) is 5.56 Å². The van der Waals surface area contributed by atoms with Crippen molar-refractivity contribution in [1.29, 1.82) is 0 Å².